The lowest BCUT2D eigenvalue weighted by Gasteiger charge is -1.98. The van der Waals surface area contributed by atoms with Crippen LogP contribution in [0.15, 0.2) is 0 Å². The third-order valence-electron chi connectivity index (χ3n) is 0.592. The molecule has 0 heterocycles. The summed E-state index contributed by atoms with van der Waals surface area (Å²) in [4.78, 5) is 10.1. The van der Waals surface area contributed by atoms with Crippen LogP contribution in [0.3, 0.4) is 0 Å². The summed E-state index contributed by atoms with van der Waals surface area (Å²) in [5.74, 6) is -0.832. The zero-order valence-corrected chi connectivity index (χ0v) is 5.94. The van der Waals surface area contributed by atoms with Gasteiger partial charge >= 0.3 is 5.97 Å². The van der Waals surface area contributed by atoms with Gasteiger partial charge in [0.2, 0.25) is 6.17 Å². The SMILES string of the molecule is COC(=O)C(F)CBr. The van der Waals surface area contributed by atoms with Crippen molar-refractivity contribution in [1.29, 1.82) is 0 Å². The molecule has 0 N–H and O–H groups in total. The van der Waals surface area contributed by atoms with Crippen LogP contribution >= 0.6 is 15.9 Å². The van der Waals surface area contributed by atoms with E-state index in [2.05, 4.69) is 20.7 Å². The zero-order valence-electron chi connectivity index (χ0n) is 4.36. The first-order valence-electron chi connectivity index (χ1n) is 2.00. The van der Waals surface area contributed by atoms with Crippen molar-refractivity contribution in [2.24, 2.45) is 0 Å². The van der Waals surface area contributed by atoms with E-state index in [1.54, 1.807) is 0 Å². The van der Waals surface area contributed by atoms with Crippen LogP contribution in [0.2, 0.25) is 0 Å². The monoisotopic (exact) mass is 184 g/mol. The molecule has 0 aromatic rings. The van der Waals surface area contributed by atoms with Gasteiger partial charge < -0.3 is 4.74 Å². The van der Waals surface area contributed by atoms with E-state index in [9.17, 15) is 9.18 Å². The maximum atomic E-state index is 12.0. The standard InChI is InChI=1S/C4H6BrFO2/c1-8-4(7)3(6)2-5/h3H,2H2,1H3. The van der Waals surface area contributed by atoms with E-state index in [1.165, 1.54) is 0 Å². The summed E-state index contributed by atoms with van der Waals surface area (Å²) < 4.78 is 16.1. The molecule has 0 saturated heterocycles. The minimum absolute atomic E-state index is 0.000324. The van der Waals surface area contributed by atoms with Gasteiger partial charge in [0.1, 0.15) is 0 Å². The molecule has 8 heavy (non-hydrogen) atoms. The number of ether oxygens (including phenoxy) is 1. The lowest BCUT2D eigenvalue weighted by Crippen LogP contribution is -2.17. The highest BCUT2D eigenvalue weighted by atomic mass is 79.9. The largest absolute Gasteiger partial charge is 0.467 e. The summed E-state index contributed by atoms with van der Waals surface area (Å²) in [5, 5.41) is -0.000324. The molecule has 0 rings (SSSR count). The second-order valence-electron chi connectivity index (χ2n) is 1.14. The Balaban J connectivity index is 3.46. The molecule has 2 nitrogen and oxygen atoms in total. The van der Waals surface area contributed by atoms with E-state index in [-0.39, 0.29) is 5.33 Å². The van der Waals surface area contributed by atoms with Crippen molar-refractivity contribution in [1.82, 2.24) is 0 Å². The lowest BCUT2D eigenvalue weighted by molar-refractivity contribution is -0.145. The number of hydrogen-bond donors (Lipinski definition) is 0. The first-order chi connectivity index (χ1) is 3.72. The van der Waals surface area contributed by atoms with E-state index < -0.39 is 12.1 Å². The van der Waals surface area contributed by atoms with Gasteiger partial charge in [0, 0.05) is 5.33 Å². The molecule has 0 saturated carbocycles. The van der Waals surface area contributed by atoms with E-state index in [0.717, 1.165) is 7.11 Å². The second kappa shape index (κ2) is 3.83. The fourth-order valence-corrected chi connectivity index (χ4v) is 0.455. The molecule has 0 aliphatic carbocycles. The highest BCUT2D eigenvalue weighted by Crippen LogP contribution is 1.97. The van der Waals surface area contributed by atoms with Gasteiger partial charge in [0.15, 0.2) is 0 Å². The average molecular weight is 185 g/mol. The van der Waals surface area contributed by atoms with Gasteiger partial charge in [-0.2, -0.15) is 0 Å². The first kappa shape index (κ1) is 7.88. The minimum Gasteiger partial charge on any atom is -0.467 e. The number of carbonyl (C=O) groups is 1. The molecule has 48 valence electrons. The van der Waals surface area contributed by atoms with Crippen LogP contribution < -0.4 is 0 Å². The molecule has 0 fully saturated rings. The quantitative estimate of drug-likeness (QED) is 0.471. The Bertz CT molecular complexity index is 86.1. The van der Waals surface area contributed by atoms with E-state index in [0.29, 0.717) is 0 Å². The van der Waals surface area contributed by atoms with Crippen molar-refractivity contribution in [3.63, 3.8) is 0 Å². The van der Waals surface area contributed by atoms with Gasteiger partial charge in [0.25, 0.3) is 0 Å². The molecule has 0 radical (unpaired) electrons. The number of carbonyl (C=O) groups excluding carboxylic acids is 1. The number of halogens is 2. The minimum atomic E-state index is -1.53. The van der Waals surface area contributed by atoms with Crippen LogP contribution in [-0.4, -0.2) is 24.6 Å². The van der Waals surface area contributed by atoms with Crippen LogP contribution in [0.4, 0.5) is 4.39 Å². The molecule has 0 spiro atoms. The summed E-state index contributed by atoms with van der Waals surface area (Å²) in [6, 6.07) is 0. The summed E-state index contributed by atoms with van der Waals surface area (Å²) in [5.41, 5.74) is 0. The maximum absolute atomic E-state index is 12.0. The Morgan fingerprint density at radius 2 is 2.50 bits per heavy atom. The molecule has 0 aromatic carbocycles. The van der Waals surface area contributed by atoms with Gasteiger partial charge in [-0.1, -0.05) is 15.9 Å². The van der Waals surface area contributed by atoms with E-state index in [1.807, 2.05) is 0 Å². The lowest BCUT2D eigenvalue weighted by atomic mass is 10.5. The van der Waals surface area contributed by atoms with Crippen LogP contribution in [0, 0.1) is 0 Å². The van der Waals surface area contributed by atoms with Crippen molar-refractivity contribution in [2.75, 3.05) is 12.4 Å². The van der Waals surface area contributed by atoms with Gasteiger partial charge in [-0.15, -0.1) is 0 Å². The summed E-state index contributed by atoms with van der Waals surface area (Å²) in [6.07, 6.45) is -1.53. The normalized spacial score (nSPS) is 12.9. The van der Waals surface area contributed by atoms with E-state index >= 15 is 0 Å². The predicted octanol–water partition coefficient (Wildman–Crippen LogP) is 0.892. The molecule has 1 atom stereocenters. The van der Waals surface area contributed by atoms with Crippen LogP contribution in [0.5, 0.6) is 0 Å². The highest BCUT2D eigenvalue weighted by Gasteiger charge is 2.14. The fraction of sp³-hybridized carbons (Fsp3) is 0.750. The van der Waals surface area contributed by atoms with Crippen molar-refractivity contribution >= 4 is 21.9 Å². The third kappa shape index (κ3) is 2.26. The van der Waals surface area contributed by atoms with E-state index in [4.69, 9.17) is 0 Å². The molecule has 0 amide bonds. The number of esters is 1. The Morgan fingerprint density at radius 3 is 2.62 bits per heavy atom. The second-order valence-corrected chi connectivity index (χ2v) is 1.79. The Morgan fingerprint density at radius 1 is 2.00 bits per heavy atom. The molecular formula is C4H6BrFO2. The molecule has 0 aliphatic rings. The molecule has 1 unspecified atom stereocenters. The predicted molar refractivity (Wildman–Crippen MR) is 30.7 cm³/mol. The smallest absolute Gasteiger partial charge is 0.341 e. The van der Waals surface area contributed by atoms with Gasteiger partial charge in [0.05, 0.1) is 7.11 Å². The van der Waals surface area contributed by atoms with Gasteiger partial charge in [-0.05, 0) is 0 Å². The van der Waals surface area contributed by atoms with Crippen molar-refractivity contribution < 1.29 is 13.9 Å². The van der Waals surface area contributed by atoms with Gasteiger partial charge in [-0.3, -0.25) is 0 Å². The fourth-order valence-electron chi connectivity index (χ4n) is 0.191. The molecular weight excluding hydrogens is 179 g/mol. The number of alkyl halides is 2. The third-order valence-corrected chi connectivity index (χ3v) is 1.16. The molecule has 0 aliphatic heterocycles. The highest BCUT2D eigenvalue weighted by molar-refractivity contribution is 9.09. The molecule has 0 aromatic heterocycles. The van der Waals surface area contributed by atoms with Crippen molar-refractivity contribution in [3.8, 4) is 0 Å². The Labute approximate surface area is 55.1 Å². The molecule has 0 bridgehead atoms. The molecule has 4 heteroatoms. The maximum Gasteiger partial charge on any atom is 0.341 e. The first-order valence-corrected chi connectivity index (χ1v) is 3.12. The average Bonchev–Trinajstić information content (AvgIpc) is 1.84. The number of rotatable bonds is 2. The summed E-state index contributed by atoms with van der Waals surface area (Å²) in [6.45, 7) is 0. The summed E-state index contributed by atoms with van der Waals surface area (Å²) in [7, 11) is 1.15. The van der Waals surface area contributed by atoms with Gasteiger partial charge in [-0.25, -0.2) is 9.18 Å². The van der Waals surface area contributed by atoms with Crippen molar-refractivity contribution in [2.45, 2.75) is 6.17 Å². The van der Waals surface area contributed by atoms with Crippen LogP contribution in [-0.2, 0) is 9.53 Å². The van der Waals surface area contributed by atoms with Crippen LogP contribution in [0.1, 0.15) is 0 Å². The number of hydrogen-bond acceptors (Lipinski definition) is 2. The van der Waals surface area contributed by atoms with Crippen molar-refractivity contribution in [3.05, 3.63) is 0 Å². The number of methoxy groups -OCH3 is 1. The van der Waals surface area contributed by atoms with Crippen LogP contribution in [0.25, 0.3) is 0 Å². The zero-order chi connectivity index (χ0) is 6.57. The Kier molecular flexibility index (Phi) is 3.77. The topological polar surface area (TPSA) is 26.3 Å². The summed E-state index contributed by atoms with van der Waals surface area (Å²) >= 11 is 2.78. The Hall–Kier alpha value is -0.120.